The van der Waals surface area contributed by atoms with Gasteiger partial charge in [0.15, 0.2) is 0 Å². The summed E-state index contributed by atoms with van der Waals surface area (Å²) in [7, 11) is 0. The molecule has 1 saturated heterocycles. The van der Waals surface area contributed by atoms with E-state index >= 15 is 0 Å². The topological polar surface area (TPSA) is 60.9 Å². The number of carboxylic acid groups (broad SMARTS) is 1. The zero-order valence-electron chi connectivity index (χ0n) is 14.3. The van der Waals surface area contributed by atoms with Crippen LogP contribution in [0.15, 0.2) is 29.2 Å². The molecule has 1 N–H and O–H groups in total. The molecule has 134 valence electrons. The van der Waals surface area contributed by atoms with Gasteiger partial charge in [0.1, 0.15) is 6.04 Å². The number of thioether (sulfide) groups is 1. The quantitative estimate of drug-likeness (QED) is 0.898. The van der Waals surface area contributed by atoms with Gasteiger partial charge >= 0.3 is 5.97 Å². The molecule has 6 heteroatoms. The fourth-order valence-corrected chi connectivity index (χ4v) is 5.69. The fraction of sp³-hybridized carbons (Fsp3) is 0.579. The molecule has 1 amide bonds. The maximum Gasteiger partial charge on any atom is 0.320 e. The zero-order valence-corrected chi connectivity index (χ0v) is 15.1. The normalized spacial score (nSPS) is 29.1. The number of carbonyl (C=O) groups excluding carboxylic acids is 1. The molecule has 0 radical (unpaired) electrons. The molecule has 1 aromatic carbocycles. The maximum atomic E-state index is 13.0. The highest BCUT2D eigenvalue weighted by Crippen LogP contribution is 2.40. The number of fused-ring (bicyclic) bond motifs is 2. The molecule has 4 rings (SSSR count). The lowest BCUT2D eigenvalue weighted by atomic mass is 9.85. The highest BCUT2D eigenvalue weighted by atomic mass is 32.2. The lowest BCUT2D eigenvalue weighted by Crippen LogP contribution is -2.49. The number of nitrogens with zero attached hydrogens (tertiary/aromatic N) is 2. The number of rotatable bonds is 3. The van der Waals surface area contributed by atoms with Crippen LogP contribution in [0.2, 0.25) is 0 Å². The molecule has 0 spiro atoms. The number of carboxylic acids is 1. The minimum atomic E-state index is -0.781. The second-order valence-electron chi connectivity index (χ2n) is 7.24. The Hall–Kier alpha value is -1.53. The predicted molar refractivity (Wildman–Crippen MR) is 98.0 cm³/mol. The van der Waals surface area contributed by atoms with Crippen molar-refractivity contribution in [3.63, 3.8) is 0 Å². The summed E-state index contributed by atoms with van der Waals surface area (Å²) < 4.78 is 0. The third kappa shape index (κ3) is 3.17. The summed E-state index contributed by atoms with van der Waals surface area (Å²) in [6, 6.07) is 7.74. The maximum absolute atomic E-state index is 13.0. The molecule has 5 nitrogen and oxygen atoms in total. The smallest absolute Gasteiger partial charge is 0.320 e. The molecule has 2 heterocycles. The molecule has 2 aliphatic heterocycles. The monoisotopic (exact) mass is 360 g/mol. The second-order valence-corrected chi connectivity index (χ2v) is 8.37. The molecular weight excluding hydrogens is 336 g/mol. The fourth-order valence-electron chi connectivity index (χ4n) is 4.69. The Kier molecular flexibility index (Phi) is 4.73. The molecule has 0 bridgehead atoms. The van der Waals surface area contributed by atoms with Crippen LogP contribution in [0.4, 0.5) is 5.69 Å². The largest absolute Gasteiger partial charge is 0.480 e. The Morgan fingerprint density at radius 3 is 2.84 bits per heavy atom. The standard InChI is InChI=1S/C19H24N2O3S/c22-18(20-9-10-25-17-8-4-3-7-15(17)20)12-21-14-6-2-1-5-13(14)11-16(21)19(23)24/h3-4,7-8,13-14,16H,1-2,5-6,9-12H2,(H,23,24)/t13-,14-,16+/m1/s1. The first-order valence-corrected chi connectivity index (χ1v) is 10.1. The number of likely N-dealkylation sites (tertiary alicyclic amines) is 1. The summed E-state index contributed by atoms with van der Waals surface area (Å²) in [5.41, 5.74) is 0.968. The molecular formula is C19H24N2O3S. The molecule has 1 aromatic rings. The number of hydrogen-bond donors (Lipinski definition) is 1. The van der Waals surface area contributed by atoms with Crippen molar-refractivity contribution >= 4 is 29.3 Å². The van der Waals surface area contributed by atoms with E-state index in [-0.39, 0.29) is 18.5 Å². The van der Waals surface area contributed by atoms with Crippen molar-refractivity contribution in [3.05, 3.63) is 24.3 Å². The number of carbonyl (C=O) groups is 2. The minimum absolute atomic E-state index is 0.0326. The van der Waals surface area contributed by atoms with Crippen LogP contribution in [0, 0.1) is 5.92 Å². The SMILES string of the molecule is O=C(O)[C@@H]1C[C@H]2CCCC[C@H]2N1CC(=O)N1CCSc2ccccc21. The van der Waals surface area contributed by atoms with Crippen LogP contribution in [0.5, 0.6) is 0 Å². The summed E-state index contributed by atoms with van der Waals surface area (Å²) in [6.07, 6.45) is 5.14. The molecule has 0 aromatic heterocycles. The molecule has 0 unspecified atom stereocenters. The minimum Gasteiger partial charge on any atom is -0.480 e. The summed E-state index contributed by atoms with van der Waals surface area (Å²) in [4.78, 5) is 29.7. The Bertz CT molecular complexity index is 680. The van der Waals surface area contributed by atoms with Crippen molar-refractivity contribution in [3.8, 4) is 0 Å². The average molecular weight is 360 g/mol. The van der Waals surface area contributed by atoms with Gasteiger partial charge in [-0.2, -0.15) is 0 Å². The van der Waals surface area contributed by atoms with Gasteiger partial charge in [-0.05, 0) is 37.3 Å². The van der Waals surface area contributed by atoms with Crippen LogP contribution in [0.25, 0.3) is 0 Å². The third-order valence-corrected chi connectivity index (χ3v) is 6.90. The number of amides is 1. The number of hydrogen-bond acceptors (Lipinski definition) is 4. The van der Waals surface area contributed by atoms with Crippen molar-refractivity contribution in [2.75, 3.05) is 23.7 Å². The van der Waals surface area contributed by atoms with Crippen LogP contribution >= 0.6 is 11.8 Å². The molecule has 1 aliphatic carbocycles. The summed E-state index contributed by atoms with van der Waals surface area (Å²) in [5, 5.41) is 9.64. The second kappa shape index (κ2) is 7.00. The van der Waals surface area contributed by atoms with Gasteiger partial charge in [-0.3, -0.25) is 14.5 Å². The van der Waals surface area contributed by atoms with E-state index in [9.17, 15) is 14.7 Å². The average Bonchev–Trinajstić information content (AvgIpc) is 3.00. The van der Waals surface area contributed by atoms with E-state index in [1.807, 2.05) is 34.1 Å². The lowest BCUT2D eigenvalue weighted by molar-refractivity contribution is -0.143. The van der Waals surface area contributed by atoms with Crippen LogP contribution < -0.4 is 4.90 Å². The number of aliphatic carboxylic acids is 1. The van der Waals surface area contributed by atoms with E-state index < -0.39 is 12.0 Å². The number of anilines is 1. The number of benzene rings is 1. The highest BCUT2D eigenvalue weighted by molar-refractivity contribution is 7.99. The highest BCUT2D eigenvalue weighted by Gasteiger charge is 2.46. The van der Waals surface area contributed by atoms with Gasteiger partial charge < -0.3 is 10.0 Å². The van der Waals surface area contributed by atoms with Gasteiger partial charge in [0.05, 0.1) is 12.2 Å². The third-order valence-electron chi connectivity index (χ3n) is 5.85. The van der Waals surface area contributed by atoms with Crippen molar-refractivity contribution in [1.29, 1.82) is 0 Å². The van der Waals surface area contributed by atoms with Crippen LogP contribution in [-0.4, -0.2) is 52.8 Å². The van der Waals surface area contributed by atoms with Gasteiger partial charge in [-0.15, -0.1) is 11.8 Å². The van der Waals surface area contributed by atoms with Crippen molar-refractivity contribution in [1.82, 2.24) is 4.90 Å². The molecule has 2 fully saturated rings. The van der Waals surface area contributed by atoms with Gasteiger partial charge in [0, 0.05) is 23.2 Å². The first-order valence-electron chi connectivity index (χ1n) is 9.16. The molecule has 3 aliphatic rings. The van der Waals surface area contributed by atoms with E-state index in [4.69, 9.17) is 0 Å². The number of para-hydroxylation sites is 1. The Balaban J connectivity index is 1.54. The van der Waals surface area contributed by atoms with E-state index in [2.05, 4.69) is 0 Å². The van der Waals surface area contributed by atoms with Crippen LogP contribution in [0.1, 0.15) is 32.1 Å². The zero-order chi connectivity index (χ0) is 17.4. The molecule has 25 heavy (non-hydrogen) atoms. The van der Waals surface area contributed by atoms with Crippen LogP contribution in [0.3, 0.4) is 0 Å². The Morgan fingerprint density at radius 1 is 1.20 bits per heavy atom. The van der Waals surface area contributed by atoms with E-state index in [1.54, 1.807) is 11.8 Å². The van der Waals surface area contributed by atoms with Crippen molar-refractivity contribution in [2.45, 2.75) is 49.1 Å². The summed E-state index contributed by atoms with van der Waals surface area (Å²) in [5.74, 6) is 0.575. The Morgan fingerprint density at radius 2 is 2.00 bits per heavy atom. The predicted octanol–water partition coefficient (Wildman–Crippen LogP) is 2.84. The summed E-state index contributed by atoms with van der Waals surface area (Å²) >= 11 is 1.77. The molecule has 3 atom stereocenters. The van der Waals surface area contributed by atoms with Gasteiger partial charge in [-0.1, -0.05) is 25.0 Å². The van der Waals surface area contributed by atoms with Crippen molar-refractivity contribution < 1.29 is 14.7 Å². The Labute approximate surface area is 152 Å². The van der Waals surface area contributed by atoms with Gasteiger partial charge in [0.2, 0.25) is 5.91 Å². The van der Waals surface area contributed by atoms with Gasteiger partial charge in [0.25, 0.3) is 0 Å². The molecule has 1 saturated carbocycles. The van der Waals surface area contributed by atoms with Gasteiger partial charge in [-0.25, -0.2) is 0 Å². The van der Waals surface area contributed by atoms with Crippen LogP contribution in [-0.2, 0) is 9.59 Å². The van der Waals surface area contributed by atoms with E-state index in [0.29, 0.717) is 18.9 Å². The van der Waals surface area contributed by atoms with Crippen molar-refractivity contribution in [2.24, 2.45) is 5.92 Å². The first-order chi connectivity index (χ1) is 12.1. The van der Waals surface area contributed by atoms with E-state index in [1.165, 1.54) is 6.42 Å². The first kappa shape index (κ1) is 16.9. The summed E-state index contributed by atoms with van der Waals surface area (Å²) in [6.45, 7) is 0.914. The van der Waals surface area contributed by atoms with E-state index in [0.717, 1.165) is 35.6 Å². The lowest BCUT2D eigenvalue weighted by Gasteiger charge is -2.35.